The van der Waals surface area contributed by atoms with Gasteiger partial charge >= 0.3 is 11.9 Å². The second kappa shape index (κ2) is 5.47. The second-order valence-electron chi connectivity index (χ2n) is 2.70. The zero-order valence-corrected chi connectivity index (χ0v) is 8.40. The van der Waals surface area contributed by atoms with Crippen molar-refractivity contribution in [2.45, 2.75) is 12.8 Å². The maximum atomic E-state index is 10.4. The third-order valence-corrected chi connectivity index (χ3v) is 2.23. The summed E-state index contributed by atoms with van der Waals surface area (Å²) in [6, 6.07) is 0. The molecule has 3 N–H and O–H groups in total. The Labute approximate surface area is 85.8 Å². The van der Waals surface area contributed by atoms with Gasteiger partial charge in [0.1, 0.15) is 0 Å². The van der Waals surface area contributed by atoms with Gasteiger partial charge in [0.15, 0.2) is 0 Å². The molecule has 0 atom stereocenters. The van der Waals surface area contributed by atoms with Crippen molar-refractivity contribution in [2.75, 3.05) is 5.75 Å². The van der Waals surface area contributed by atoms with Gasteiger partial charge in [0, 0.05) is 11.6 Å². The lowest BCUT2D eigenvalue weighted by Crippen LogP contribution is -2.08. The molecule has 0 saturated carbocycles. The van der Waals surface area contributed by atoms with Crippen LogP contribution in [0.5, 0.6) is 0 Å². The first-order chi connectivity index (χ1) is 6.72. The highest BCUT2D eigenvalue weighted by Gasteiger charge is 2.11. The lowest BCUT2D eigenvalue weighted by Gasteiger charge is -1.99. The van der Waals surface area contributed by atoms with E-state index >= 15 is 0 Å². The van der Waals surface area contributed by atoms with Crippen LogP contribution in [0.25, 0.3) is 0 Å². The van der Waals surface area contributed by atoms with E-state index in [4.69, 9.17) is 14.8 Å². The molecule has 0 aliphatic rings. The highest BCUT2D eigenvalue weighted by Crippen LogP contribution is 2.06. The minimum Gasteiger partial charge on any atom is -0.478 e. The maximum Gasteiger partial charge on any atom is 0.331 e. The average Bonchev–Trinajstić information content (AvgIpc) is 1.99. The summed E-state index contributed by atoms with van der Waals surface area (Å²) in [6.07, 6.45) is 0.109. The summed E-state index contributed by atoms with van der Waals surface area (Å²) in [5.74, 6) is -3.44. The quantitative estimate of drug-likeness (QED) is 0.429. The van der Waals surface area contributed by atoms with Crippen molar-refractivity contribution in [1.82, 2.24) is 0 Å². The number of rotatable bonds is 6. The molecular formula is C7H10O7S. The van der Waals surface area contributed by atoms with E-state index in [1.54, 1.807) is 0 Å². The summed E-state index contributed by atoms with van der Waals surface area (Å²) in [5, 5.41) is 16.8. The molecule has 0 aliphatic carbocycles. The molecule has 0 rings (SSSR count). The lowest BCUT2D eigenvalue weighted by molar-refractivity contribution is -0.135. The van der Waals surface area contributed by atoms with Crippen molar-refractivity contribution in [3.63, 3.8) is 0 Å². The van der Waals surface area contributed by atoms with E-state index in [9.17, 15) is 18.0 Å². The van der Waals surface area contributed by atoms with Crippen LogP contribution in [0, 0.1) is 0 Å². The zero-order chi connectivity index (χ0) is 12.1. The zero-order valence-electron chi connectivity index (χ0n) is 7.58. The van der Waals surface area contributed by atoms with E-state index in [2.05, 4.69) is 0 Å². The van der Waals surface area contributed by atoms with Gasteiger partial charge in [-0.25, -0.2) is 9.59 Å². The molecule has 0 amide bonds. The fourth-order valence-corrected chi connectivity index (χ4v) is 1.34. The molecule has 0 spiro atoms. The molecule has 0 aliphatic heterocycles. The molecule has 0 aromatic carbocycles. The monoisotopic (exact) mass is 238 g/mol. The number of hydrogen-bond acceptors (Lipinski definition) is 4. The molecule has 7 nitrogen and oxygen atoms in total. The molecular weight excluding hydrogens is 228 g/mol. The lowest BCUT2D eigenvalue weighted by atomic mass is 10.1. The molecule has 0 aromatic heterocycles. The van der Waals surface area contributed by atoms with Gasteiger partial charge in [-0.2, -0.15) is 8.42 Å². The Kier molecular flexibility index (Phi) is 4.95. The van der Waals surface area contributed by atoms with Crippen LogP contribution < -0.4 is 0 Å². The smallest absolute Gasteiger partial charge is 0.331 e. The molecule has 0 fully saturated rings. The summed E-state index contributed by atoms with van der Waals surface area (Å²) in [7, 11) is -4.14. The largest absolute Gasteiger partial charge is 0.478 e. The number of carbonyl (C=O) groups is 2. The number of carboxylic acids is 2. The number of aliphatic carboxylic acids is 2. The van der Waals surface area contributed by atoms with Gasteiger partial charge in [-0.05, 0) is 12.8 Å². The molecule has 15 heavy (non-hydrogen) atoms. The Morgan fingerprint density at radius 2 is 1.73 bits per heavy atom. The van der Waals surface area contributed by atoms with Gasteiger partial charge in [0.25, 0.3) is 10.1 Å². The van der Waals surface area contributed by atoms with Crippen LogP contribution in [0.2, 0.25) is 0 Å². The van der Waals surface area contributed by atoms with E-state index < -0.39 is 33.4 Å². The number of carboxylic acid groups (broad SMARTS) is 2. The van der Waals surface area contributed by atoms with Crippen LogP contribution in [0.15, 0.2) is 11.6 Å². The Morgan fingerprint density at radius 3 is 2.07 bits per heavy atom. The summed E-state index contributed by atoms with van der Waals surface area (Å²) in [6.45, 7) is 0. The Bertz CT molecular complexity index is 378. The van der Waals surface area contributed by atoms with Crippen molar-refractivity contribution in [2.24, 2.45) is 0 Å². The van der Waals surface area contributed by atoms with E-state index in [1.807, 2.05) is 0 Å². The fraction of sp³-hybridized carbons (Fsp3) is 0.429. The summed E-state index contributed by atoms with van der Waals surface area (Å²) in [5.41, 5.74) is -0.411. The topological polar surface area (TPSA) is 129 Å². The van der Waals surface area contributed by atoms with Gasteiger partial charge < -0.3 is 10.2 Å². The van der Waals surface area contributed by atoms with Crippen LogP contribution in [0.4, 0.5) is 0 Å². The summed E-state index contributed by atoms with van der Waals surface area (Å²) < 4.78 is 28.9. The molecule has 0 aromatic rings. The molecule has 0 heterocycles. The van der Waals surface area contributed by atoms with E-state index in [0.717, 1.165) is 0 Å². The summed E-state index contributed by atoms with van der Waals surface area (Å²) >= 11 is 0. The highest BCUT2D eigenvalue weighted by molar-refractivity contribution is 7.85. The second-order valence-corrected chi connectivity index (χ2v) is 4.27. The first kappa shape index (κ1) is 13.6. The van der Waals surface area contributed by atoms with Crippen molar-refractivity contribution in [3.8, 4) is 0 Å². The minimum absolute atomic E-state index is 0.149. The normalized spacial score (nSPS) is 12.5. The van der Waals surface area contributed by atoms with Gasteiger partial charge in [-0.15, -0.1) is 0 Å². The van der Waals surface area contributed by atoms with Gasteiger partial charge in [-0.3, -0.25) is 4.55 Å². The molecule has 8 heteroatoms. The minimum atomic E-state index is -4.14. The highest BCUT2D eigenvalue weighted by atomic mass is 32.2. The van der Waals surface area contributed by atoms with Crippen LogP contribution >= 0.6 is 0 Å². The van der Waals surface area contributed by atoms with E-state index in [-0.39, 0.29) is 12.8 Å². The Balaban J connectivity index is 4.34. The van der Waals surface area contributed by atoms with Gasteiger partial charge in [0.2, 0.25) is 0 Å². The van der Waals surface area contributed by atoms with Gasteiger partial charge in [-0.1, -0.05) is 0 Å². The first-order valence-corrected chi connectivity index (χ1v) is 5.45. The Hall–Kier alpha value is -1.41. The van der Waals surface area contributed by atoms with E-state index in [0.29, 0.717) is 6.08 Å². The van der Waals surface area contributed by atoms with Crippen LogP contribution in [0.3, 0.4) is 0 Å². The Morgan fingerprint density at radius 1 is 1.20 bits per heavy atom. The molecule has 0 bridgehead atoms. The van der Waals surface area contributed by atoms with Crippen LogP contribution in [-0.2, 0) is 19.7 Å². The fourth-order valence-electron chi connectivity index (χ4n) is 0.835. The first-order valence-electron chi connectivity index (χ1n) is 3.84. The molecule has 0 unspecified atom stereocenters. The van der Waals surface area contributed by atoms with Crippen molar-refractivity contribution >= 4 is 22.1 Å². The van der Waals surface area contributed by atoms with E-state index in [1.165, 1.54) is 0 Å². The third kappa shape index (κ3) is 7.65. The standard InChI is InChI=1S/C7H10O7S/c8-6(9)4-5(7(10)11)2-1-3-15(12,13)14/h4H,1-3H2,(H,8,9)(H,10,11)(H,12,13,14)/b5-4-. The molecule has 0 saturated heterocycles. The predicted molar refractivity (Wildman–Crippen MR) is 49.0 cm³/mol. The summed E-state index contributed by atoms with van der Waals surface area (Å²) in [4.78, 5) is 20.6. The van der Waals surface area contributed by atoms with Crippen LogP contribution in [0.1, 0.15) is 12.8 Å². The molecule has 0 radical (unpaired) electrons. The SMILES string of the molecule is O=C(O)/C=C(/CCCS(=O)(=O)O)C(=O)O. The maximum absolute atomic E-state index is 10.4. The van der Waals surface area contributed by atoms with Crippen molar-refractivity contribution in [3.05, 3.63) is 11.6 Å². The predicted octanol–water partition coefficient (Wildman–Crippen LogP) is -0.250. The number of hydrogen-bond donors (Lipinski definition) is 3. The van der Waals surface area contributed by atoms with Crippen LogP contribution in [-0.4, -0.2) is 40.9 Å². The van der Waals surface area contributed by atoms with Crippen molar-refractivity contribution in [1.29, 1.82) is 0 Å². The average molecular weight is 238 g/mol. The third-order valence-electron chi connectivity index (χ3n) is 1.42. The molecule has 86 valence electrons. The van der Waals surface area contributed by atoms with Gasteiger partial charge in [0.05, 0.1) is 5.75 Å². The van der Waals surface area contributed by atoms with Crippen molar-refractivity contribution < 1.29 is 32.8 Å².